The smallest absolute Gasteiger partial charge is 0.220 e. The SMILES string of the molecule is CC(C)(N)CCC(=O)NCCCCN. The molecule has 84 valence electrons. The van der Waals surface area contributed by atoms with Gasteiger partial charge in [0.25, 0.3) is 0 Å². The van der Waals surface area contributed by atoms with Gasteiger partial charge in [-0.25, -0.2) is 0 Å². The van der Waals surface area contributed by atoms with Crippen molar-refractivity contribution >= 4 is 5.91 Å². The highest BCUT2D eigenvalue weighted by Gasteiger charge is 2.12. The molecule has 0 atom stereocenters. The lowest BCUT2D eigenvalue weighted by molar-refractivity contribution is -0.121. The van der Waals surface area contributed by atoms with Crippen LogP contribution in [0.2, 0.25) is 0 Å². The third-order valence-electron chi connectivity index (χ3n) is 1.95. The molecule has 0 aliphatic carbocycles. The van der Waals surface area contributed by atoms with Crippen LogP contribution in [0.25, 0.3) is 0 Å². The first kappa shape index (κ1) is 13.4. The quantitative estimate of drug-likeness (QED) is 0.520. The van der Waals surface area contributed by atoms with Crippen LogP contribution in [0.5, 0.6) is 0 Å². The van der Waals surface area contributed by atoms with Gasteiger partial charge in [-0.05, 0) is 39.7 Å². The van der Waals surface area contributed by atoms with E-state index < -0.39 is 0 Å². The van der Waals surface area contributed by atoms with Gasteiger partial charge in [-0.2, -0.15) is 0 Å². The predicted molar refractivity (Wildman–Crippen MR) is 58.8 cm³/mol. The third-order valence-corrected chi connectivity index (χ3v) is 1.95. The van der Waals surface area contributed by atoms with E-state index in [2.05, 4.69) is 5.32 Å². The summed E-state index contributed by atoms with van der Waals surface area (Å²) >= 11 is 0. The first-order valence-corrected chi connectivity index (χ1v) is 5.21. The second-order valence-corrected chi connectivity index (χ2v) is 4.33. The van der Waals surface area contributed by atoms with E-state index in [4.69, 9.17) is 11.5 Å². The van der Waals surface area contributed by atoms with E-state index in [-0.39, 0.29) is 11.4 Å². The van der Waals surface area contributed by atoms with Crippen molar-refractivity contribution in [1.29, 1.82) is 0 Å². The highest BCUT2D eigenvalue weighted by molar-refractivity contribution is 5.75. The molecule has 0 aliphatic heterocycles. The molecule has 0 aromatic carbocycles. The summed E-state index contributed by atoms with van der Waals surface area (Å²) in [7, 11) is 0. The average molecular weight is 201 g/mol. The molecule has 0 spiro atoms. The Morgan fingerprint density at radius 1 is 1.36 bits per heavy atom. The normalized spacial score (nSPS) is 11.4. The molecule has 14 heavy (non-hydrogen) atoms. The monoisotopic (exact) mass is 201 g/mol. The summed E-state index contributed by atoms with van der Waals surface area (Å²) in [5.74, 6) is 0.0838. The van der Waals surface area contributed by atoms with Crippen LogP contribution in [-0.4, -0.2) is 24.5 Å². The molecule has 0 aliphatic rings. The fourth-order valence-corrected chi connectivity index (χ4v) is 1.02. The summed E-state index contributed by atoms with van der Waals surface area (Å²) < 4.78 is 0. The maximum atomic E-state index is 11.3. The molecule has 0 rings (SSSR count). The van der Waals surface area contributed by atoms with E-state index in [0.717, 1.165) is 25.8 Å². The van der Waals surface area contributed by atoms with Gasteiger partial charge in [0.15, 0.2) is 0 Å². The van der Waals surface area contributed by atoms with Crippen molar-refractivity contribution in [3.05, 3.63) is 0 Å². The molecule has 0 saturated heterocycles. The van der Waals surface area contributed by atoms with E-state index in [0.29, 0.717) is 13.0 Å². The van der Waals surface area contributed by atoms with Gasteiger partial charge in [0, 0.05) is 18.5 Å². The van der Waals surface area contributed by atoms with Gasteiger partial charge >= 0.3 is 0 Å². The Morgan fingerprint density at radius 3 is 2.50 bits per heavy atom. The van der Waals surface area contributed by atoms with Crippen molar-refractivity contribution in [3.63, 3.8) is 0 Å². The van der Waals surface area contributed by atoms with Crippen LogP contribution in [0.1, 0.15) is 39.5 Å². The van der Waals surface area contributed by atoms with E-state index in [1.165, 1.54) is 0 Å². The van der Waals surface area contributed by atoms with E-state index >= 15 is 0 Å². The Morgan fingerprint density at radius 2 is 2.00 bits per heavy atom. The maximum Gasteiger partial charge on any atom is 0.220 e. The molecule has 0 radical (unpaired) electrons. The zero-order chi connectivity index (χ0) is 11.0. The summed E-state index contributed by atoms with van der Waals surface area (Å²) in [5, 5.41) is 2.84. The van der Waals surface area contributed by atoms with E-state index in [1.807, 2.05) is 13.8 Å². The molecule has 0 fully saturated rings. The lowest BCUT2D eigenvalue weighted by Gasteiger charge is -2.17. The van der Waals surface area contributed by atoms with Crippen LogP contribution in [0.15, 0.2) is 0 Å². The predicted octanol–water partition coefficient (Wildman–Crippen LogP) is 0.359. The molecule has 0 unspecified atom stereocenters. The summed E-state index contributed by atoms with van der Waals surface area (Å²) in [6, 6.07) is 0. The molecule has 5 N–H and O–H groups in total. The number of nitrogens with two attached hydrogens (primary N) is 2. The van der Waals surface area contributed by atoms with Crippen LogP contribution in [0.4, 0.5) is 0 Å². The number of nitrogens with one attached hydrogen (secondary N) is 1. The Labute approximate surface area is 86.4 Å². The molecule has 0 aromatic rings. The number of rotatable bonds is 7. The van der Waals surface area contributed by atoms with E-state index in [9.17, 15) is 4.79 Å². The summed E-state index contributed by atoms with van der Waals surface area (Å²) in [6.45, 7) is 5.26. The first-order valence-electron chi connectivity index (χ1n) is 5.21. The molecule has 4 heteroatoms. The minimum Gasteiger partial charge on any atom is -0.356 e. The van der Waals surface area contributed by atoms with Crippen LogP contribution in [0, 0.1) is 0 Å². The fourth-order valence-electron chi connectivity index (χ4n) is 1.02. The standard InChI is InChI=1S/C10H23N3O/c1-10(2,12)6-5-9(14)13-8-4-3-7-11/h3-8,11-12H2,1-2H3,(H,13,14). The Kier molecular flexibility index (Phi) is 6.49. The van der Waals surface area contributed by atoms with Gasteiger partial charge in [0.2, 0.25) is 5.91 Å². The Hall–Kier alpha value is -0.610. The van der Waals surface area contributed by atoms with Crippen molar-refractivity contribution in [3.8, 4) is 0 Å². The highest BCUT2D eigenvalue weighted by Crippen LogP contribution is 2.06. The van der Waals surface area contributed by atoms with E-state index in [1.54, 1.807) is 0 Å². The van der Waals surface area contributed by atoms with Crippen molar-refractivity contribution in [2.45, 2.75) is 45.1 Å². The highest BCUT2D eigenvalue weighted by atomic mass is 16.1. The Bertz CT molecular complexity index is 163. The molecule has 0 bridgehead atoms. The van der Waals surface area contributed by atoms with Gasteiger partial charge in [-0.3, -0.25) is 4.79 Å². The minimum absolute atomic E-state index is 0.0838. The number of carbonyl (C=O) groups is 1. The topological polar surface area (TPSA) is 81.1 Å². The number of hydrogen-bond donors (Lipinski definition) is 3. The van der Waals surface area contributed by atoms with Gasteiger partial charge in [-0.1, -0.05) is 0 Å². The van der Waals surface area contributed by atoms with Crippen LogP contribution < -0.4 is 16.8 Å². The third kappa shape index (κ3) is 9.48. The average Bonchev–Trinajstić information content (AvgIpc) is 2.08. The summed E-state index contributed by atoms with van der Waals surface area (Å²) in [4.78, 5) is 11.3. The zero-order valence-corrected chi connectivity index (χ0v) is 9.31. The van der Waals surface area contributed by atoms with Crippen molar-refractivity contribution in [2.24, 2.45) is 11.5 Å². The molecule has 4 nitrogen and oxygen atoms in total. The van der Waals surface area contributed by atoms with Gasteiger partial charge < -0.3 is 16.8 Å². The minimum atomic E-state index is -0.255. The molecule has 1 amide bonds. The lowest BCUT2D eigenvalue weighted by Crippen LogP contribution is -2.34. The lowest BCUT2D eigenvalue weighted by atomic mass is 10.00. The summed E-state index contributed by atoms with van der Waals surface area (Å²) in [5.41, 5.74) is 10.8. The van der Waals surface area contributed by atoms with Gasteiger partial charge in [0.1, 0.15) is 0 Å². The van der Waals surface area contributed by atoms with Crippen molar-refractivity contribution in [2.75, 3.05) is 13.1 Å². The maximum absolute atomic E-state index is 11.3. The zero-order valence-electron chi connectivity index (χ0n) is 9.31. The molecule has 0 saturated carbocycles. The summed E-state index contributed by atoms with van der Waals surface area (Å²) in [6.07, 6.45) is 3.14. The molecular weight excluding hydrogens is 178 g/mol. The largest absolute Gasteiger partial charge is 0.356 e. The van der Waals surface area contributed by atoms with Crippen LogP contribution in [0.3, 0.4) is 0 Å². The Balaban J connectivity index is 3.38. The molecular formula is C10H23N3O. The van der Waals surface area contributed by atoms with Gasteiger partial charge in [-0.15, -0.1) is 0 Å². The second-order valence-electron chi connectivity index (χ2n) is 4.33. The van der Waals surface area contributed by atoms with Crippen molar-refractivity contribution < 1.29 is 4.79 Å². The number of unbranched alkanes of at least 4 members (excludes halogenated alkanes) is 1. The van der Waals surface area contributed by atoms with Crippen LogP contribution in [-0.2, 0) is 4.79 Å². The first-order chi connectivity index (χ1) is 6.45. The second kappa shape index (κ2) is 6.79. The van der Waals surface area contributed by atoms with Gasteiger partial charge in [0.05, 0.1) is 0 Å². The van der Waals surface area contributed by atoms with Crippen LogP contribution >= 0.6 is 0 Å². The van der Waals surface area contributed by atoms with Crippen molar-refractivity contribution in [1.82, 2.24) is 5.32 Å². The number of hydrogen-bond acceptors (Lipinski definition) is 3. The number of amides is 1. The molecule has 0 heterocycles. The number of carbonyl (C=O) groups excluding carboxylic acids is 1. The fraction of sp³-hybridized carbons (Fsp3) is 0.900. The molecule has 0 aromatic heterocycles.